The fraction of sp³-hybridized carbons (Fsp3) is 0.533. The van der Waals surface area contributed by atoms with Crippen LogP contribution in [0.2, 0.25) is 5.02 Å². The summed E-state index contributed by atoms with van der Waals surface area (Å²) >= 11 is 6.16. The maximum atomic E-state index is 11.8. The zero-order chi connectivity index (χ0) is 15.4. The van der Waals surface area contributed by atoms with Gasteiger partial charge in [-0.2, -0.15) is 0 Å². The Labute approximate surface area is 125 Å². The summed E-state index contributed by atoms with van der Waals surface area (Å²) in [6.07, 6.45) is -0.627. The smallest absolute Gasteiger partial charge is 0.275 e. The summed E-state index contributed by atoms with van der Waals surface area (Å²) in [5, 5.41) is 0.699. The number of hydrogen-bond donors (Lipinski definition) is 2. The van der Waals surface area contributed by atoms with Crippen LogP contribution >= 0.6 is 11.6 Å². The van der Waals surface area contributed by atoms with Crippen LogP contribution in [0.1, 0.15) is 44.7 Å². The van der Waals surface area contributed by atoms with Gasteiger partial charge in [0, 0.05) is 5.02 Å². The number of amides is 1. The number of ether oxygens (including phenoxy) is 1. The summed E-state index contributed by atoms with van der Waals surface area (Å²) in [7, 11) is 0. The molecule has 0 aromatic heterocycles. The molecular formula is C15H23ClN2O2. The molecule has 1 aromatic carbocycles. The van der Waals surface area contributed by atoms with Crippen LogP contribution in [0.3, 0.4) is 0 Å². The van der Waals surface area contributed by atoms with Crippen molar-refractivity contribution in [2.75, 3.05) is 0 Å². The Morgan fingerprint density at radius 1 is 1.30 bits per heavy atom. The highest BCUT2D eigenvalue weighted by molar-refractivity contribution is 6.31. The highest BCUT2D eigenvalue weighted by Crippen LogP contribution is 2.33. The minimum atomic E-state index is -0.627. The molecule has 0 heterocycles. The average Bonchev–Trinajstić information content (AvgIpc) is 2.37. The Hall–Kier alpha value is -1.26. The molecule has 20 heavy (non-hydrogen) atoms. The molecule has 0 fully saturated rings. The van der Waals surface area contributed by atoms with Gasteiger partial charge in [-0.3, -0.25) is 10.2 Å². The molecule has 1 atom stereocenters. The van der Waals surface area contributed by atoms with Gasteiger partial charge in [-0.05, 0) is 42.0 Å². The number of carbonyl (C=O) groups excluding carboxylic acids is 1. The zero-order valence-electron chi connectivity index (χ0n) is 12.7. The highest BCUT2D eigenvalue weighted by Gasteiger charge is 2.25. The van der Waals surface area contributed by atoms with E-state index in [0.29, 0.717) is 10.8 Å². The van der Waals surface area contributed by atoms with Gasteiger partial charge in [-0.1, -0.05) is 39.3 Å². The first kappa shape index (κ1) is 16.8. The predicted octanol–water partition coefficient (Wildman–Crippen LogP) is 3.17. The molecule has 4 nitrogen and oxygen atoms in total. The average molecular weight is 299 g/mol. The molecule has 112 valence electrons. The number of nitrogens with two attached hydrogens (primary N) is 1. The van der Waals surface area contributed by atoms with Gasteiger partial charge in [0.1, 0.15) is 5.75 Å². The van der Waals surface area contributed by atoms with E-state index in [2.05, 4.69) is 19.3 Å². The van der Waals surface area contributed by atoms with Crippen molar-refractivity contribution in [3.05, 3.63) is 28.3 Å². The summed E-state index contributed by atoms with van der Waals surface area (Å²) in [5.74, 6) is 5.82. The Balaban J connectivity index is 3.17. The summed E-state index contributed by atoms with van der Waals surface area (Å²) in [6.45, 7) is 9.85. The quantitative estimate of drug-likeness (QED) is 0.498. The summed E-state index contributed by atoms with van der Waals surface area (Å²) in [4.78, 5) is 11.8. The van der Waals surface area contributed by atoms with E-state index in [1.54, 1.807) is 0 Å². The number of carbonyl (C=O) groups is 1. The fourth-order valence-corrected chi connectivity index (χ4v) is 2.11. The van der Waals surface area contributed by atoms with Crippen molar-refractivity contribution >= 4 is 17.5 Å². The second-order valence-electron chi connectivity index (χ2n) is 5.58. The zero-order valence-corrected chi connectivity index (χ0v) is 13.4. The molecule has 5 heteroatoms. The first-order valence-electron chi connectivity index (χ1n) is 6.75. The lowest BCUT2D eigenvalue weighted by atomic mass is 9.99. The van der Waals surface area contributed by atoms with E-state index >= 15 is 0 Å². The largest absolute Gasteiger partial charge is 0.480 e. The van der Waals surface area contributed by atoms with Gasteiger partial charge < -0.3 is 4.74 Å². The second-order valence-corrected chi connectivity index (χ2v) is 5.99. The normalized spacial score (nSPS) is 12.7. The molecular weight excluding hydrogens is 276 g/mol. The number of hydrogen-bond acceptors (Lipinski definition) is 3. The highest BCUT2D eigenvalue weighted by atomic mass is 35.5. The molecule has 0 aliphatic carbocycles. The molecule has 1 rings (SSSR count). The molecule has 3 N–H and O–H groups in total. The molecule has 0 radical (unpaired) electrons. The summed E-state index contributed by atoms with van der Waals surface area (Å²) in [6, 6.07) is 3.77. The Morgan fingerprint density at radius 3 is 2.35 bits per heavy atom. The van der Waals surface area contributed by atoms with Gasteiger partial charge in [0.2, 0.25) is 0 Å². The second kappa shape index (κ2) is 6.95. The van der Waals surface area contributed by atoms with E-state index in [4.69, 9.17) is 22.2 Å². The molecule has 0 saturated heterocycles. The number of rotatable bonds is 5. The minimum Gasteiger partial charge on any atom is -0.480 e. The SMILES string of the molecule is Cc1cc(OC(C(=O)NN)C(C)C)c(C(C)C)cc1Cl. The van der Waals surface area contributed by atoms with E-state index in [1.165, 1.54) is 0 Å². The molecule has 0 bridgehead atoms. The van der Waals surface area contributed by atoms with Crippen LogP contribution in [0, 0.1) is 12.8 Å². The van der Waals surface area contributed by atoms with Crippen molar-refractivity contribution in [1.82, 2.24) is 5.43 Å². The molecule has 0 aliphatic rings. The van der Waals surface area contributed by atoms with Crippen molar-refractivity contribution < 1.29 is 9.53 Å². The third-order valence-corrected chi connectivity index (χ3v) is 3.58. The van der Waals surface area contributed by atoms with Crippen molar-refractivity contribution in [1.29, 1.82) is 0 Å². The van der Waals surface area contributed by atoms with Crippen LogP contribution in [-0.2, 0) is 4.79 Å². The van der Waals surface area contributed by atoms with E-state index in [-0.39, 0.29) is 17.7 Å². The minimum absolute atomic E-state index is 0.00884. The van der Waals surface area contributed by atoms with Crippen molar-refractivity contribution in [2.24, 2.45) is 11.8 Å². The van der Waals surface area contributed by atoms with Crippen LogP contribution < -0.4 is 16.0 Å². The van der Waals surface area contributed by atoms with Crippen LogP contribution in [0.25, 0.3) is 0 Å². The van der Waals surface area contributed by atoms with Gasteiger partial charge in [0.15, 0.2) is 6.10 Å². The fourth-order valence-electron chi connectivity index (χ4n) is 1.93. The van der Waals surface area contributed by atoms with Crippen molar-refractivity contribution in [3.63, 3.8) is 0 Å². The Bertz CT molecular complexity index is 487. The monoisotopic (exact) mass is 298 g/mol. The van der Waals surface area contributed by atoms with Crippen LogP contribution in [-0.4, -0.2) is 12.0 Å². The van der Waals surface area contributed by atoms with Crippen LogP contribution in [0.4, 0.5) is 0 Å². The topological polar surface area (TPSA) is 64.3 Å². The maximum Gasteiger partial charge on any atom is 0.275 e. The van der Waals surface area contributed by atoms with Gasteiger partial charge in [-0.15, -0.1) is 0 Å². The molecule has 1 amide bonds. The molecule has 0 saturated carbocycles. The van der Waals surface area contributed by atoms with E-state index in [9.17, 15) is 4.79 Å². The maximum absolute atomic E-state index is 11.8. The molecule has 0 aliphatic heterocycles. The number of halogens is 1. The number of hydrazine groups is 1. The predicted molar refractivity (Wildman–Crippen MR) is 81.9 cm³/mol. The van der Waals surface area contributed by atoms with Gasteiger partial charge in [0.25, 0.3) is 5.91 Å². The summed E-state index contributed by atoms with van der Waals surface area (Å²) in [5.41, 5.74) is 4.05. The number of aryl methyl sites for hydroxylation is 1. The molecule has 0 spiro atoms. The van der Waals surface area contributed by atoms with Crippen molar-refractivity contribution in [3.8, 4) is 5.75 Å². The first-order valence-corrected chi connectivity index (χ1v) is 7.12. The third kappa shape index (κ3) is 3.87. The van der Waals surface area contributed by atoms with Crippen LogP contribution in [0.5, 0.6) is 5.75 Å². The standard InChI is InChI=1S/C15H23ClN2O2/c1-8(2)11-7-12(16)10(5)6-13(11)20-14(9(3)4)15(19)18-17/h6-9,14H,17H2,1-5H3,(H,18,19). The van der Waals surface area contributed by atoms with Gasteiger partial charge >= 0.3 is 0 Å². The third-order valence-electron chi connectivity index (χ3n) is 3.17. The van der Waals surface area contributed by atoms with Gasteiger partial charge in [-0.25, -0.2) is 5.84 Å². The van der Waals surface area contributed by atoms with E-state index in [0.717, 1.165) is 11.1 Å². The lowest BCUT2D eigenvalue weighted by Gasteiger charge is -2.24. The Morgan fingerprint density at radius 2 is 1.90 bits per heavy atom. The van der Waals surface area contributed by atoms with Crippen LogP contribution in [0.15, 0.2) is 12.1 Å². The van der Waals surface area contributed by atoms with Gasteiger partial charge in [0.05, 0.1) is 0 Å². The number of nitrogens with one attached hydrogen (secondary N) is 1. The molecule has 1 aromatic rings. The number of benzene rings is 1. The molecule has 1 unspecified atom stereocenters. The van der Waals surface area contributed by atoms with E-state index in [1.807, 2.05) is 32.9 Å². The van der Waals surface area contributed by atoms with E-state index < -0.39 is 6.10 Å². The lowest BCUT2D eigenvalue weighted by molar-refractivity contribution is -0.129. The summed E-state index contributed by atoms with van der Waals surface area (Å²) < 4.78 is 5.91. The first-order chi connectivity index (χ1) is 9.27. The lowest BCUT2D eigenvalue weighted by Crippen LogP contribution is -2.45. The van der Waals surface area contributed by atoms with Crippen molar-refractivity contribution in [2.45, 2.75) is 46.6 Å². The Kier molecular flexibility index (Phi) is 5.84.